The third-order valence-corrected chi connectivity index (χ3v) is 5.74. The fraction of sp³-hybridized carbons (Fsp3) is 0.558. The third kappa shape index (κ3) is 26.6. The molecule has 4 rings (SSSR count). The van der Waals surface area contributed by atoms with Gasteiger partial charge in [-0.3, -0.25) is 15.0 Å². The average Bonchev–Trinajstić information content (AvgIpc) is 3.09. The molecule has 0 spiro atoms. The van der Waals surface area contributed by atoms with Crippen molar-refractivity contribution in [1.29, 1.82) is 0 Å². The van der Waals surface area contributed by atoms with Crippen molar-refractivity contribution >= 4 is 0 Å². The summed E-state index contributed by atoms with van der Waals surface area (Å²) in [5.74, 6) is 0.898. The molecule has 0 N–H and O–H groups in total. The molecule has 0 aliphatic carbocycles. The van der Waals surface area contributed by atoms with E-state index in [1.54, 1.807) is 18.6 Å². The van der Waals surface area contributed by atoms with Gasteiger partial charge in [0.1, 0.15) is 5.82 Å². The molecule has 0 saturated heterocycles. The number of aromatic nitrogens is 5. The van der Waals surface area contributed by atoms with Gasteiger partial charge >= 0.3 is 0 Å². The molecule has 4 heterocycles. The first-order valence-corrected chi connectivity index (χ1v) is 17.9. The van der Waals surface area contributed by atoms with Crippen molar-refractivity contribution in [3.8, 4) is 0 Å². The lowest BCUT2D eigenvalue weighted by Gasteiger charge is -2.17. The quantitative estimate of drug-likeness (QED) is 0.188. The Kier molecular flexibility index (Phi) is 30.5. The van der Waals surface area contributed by atoms with E-state index in [1.807, 2.05) is 104 Å². The summed E-state index contributed by atoms with van der Waals surface area (Å²) in [6, 6.07) is 16.0. The molecule has 0 saturated carbocycles. The SMILES string of the molecule is CC.CC.CC.CC.CC(C)(C)c1ccccn1.CC(C)(C)c1cccnc1.CC(C)(C)c1ccncc1.CC(C)(C)c1ncccn1. The summed E-state index contributed by atoms with van der Waals surface area (Å²) < 4.78 is 0. The van der Waals surface area contributed by atoms with Crippen LogP contribution in [0.5, 0.6) is 0 Å². The molecule has 5 heteroatoms. The fourth-order valence-corrected chi connectivity index (χ4v) is 3.15. The summed E-state index contributed by atoms with van der Waals surface area (Å²) in [6.07, 6.45) is 12.8. The van der Waals surface area contributed by atoms with Gasteiger partial charge in [-0.05, 0) is 58.4 Å². The maximum atomic E-state index is 4.25. The topological polar surface area (TPSA) is 64.5 Å². The van der Waals surface area contributed by atoms with Crippen LogP contribution in [-0.2, 0) is 21.7 Å². The Morgan fingerprint density at radius 1 is 0.354 bits per heavy atom. The lowest BCUT2D eigenvalue weighted by molar-refractivity contribution is 0.545. The summed E-state index contributed by atoms with van der Waals surface area (Å²) in [5.41, 5.74) is 4.51. The van der Waals surface area contributed by atoms with Crippen molar-refractivity contribution < 1.29 is 0 Å². The highest BCUT2D eigenvalue weighted by atomic mass is 14.9. The van der Waals surface area contributed by atoms with E-state index in [4.69, 9.17) is 0 Å². The molecule has 0 amide bonds. The molecular formula is C43H75N5. The first-order valence-electron chi connectivity index (χ1n) is 17.9. The minimum Gasteiger partial charge on any atom is -0.265 e. The Hall–Kier alpha value is -3.47. The van der Waals surface area contributed by atoms with Crippen molar-refractivity contribution in [2.45, 2.75) is 160 Å². The van der Waals surface area contributed by atoms with Crippen LogP contribution in [0.1, 0.15) is 161 Å². The molecule has 5 nitrogen and oxygen atoms in total. The van der Waals surface area contributed by atoms with Crippen molar-refractivity contribution in [1.82, 2.24) is 24.9 Å². The second kappa shape index (κ2) is 28.5. The molecule has 4 aromatic heterocycles. The zero-order valence-corrected chi connectivity index (χ0v) is 34.9. The normalized spacial score (nSPS) is 10.1. The van der Waals surface area contributed by atoms with E-state index in [0.717, 1.165) is 11.5 Å². The fourth-order valence-electron chi connectivity index (χ4n) is 3.15. The van der Waals surface area contributed by atoms with Gasteiger partial charge in [-0.15, -0.1) is 0 Å². The van der Waals surface area contributed by atoms with E-state index in [0.29, 0.717) is 0 Å². The third-order valence-electron chi connectivity index (χ3n) is 5.74. The molecular weight excluding hydrogens is 587 g/mol. The van der Waals surface area contributed by atoms with Crippen LogP contribution < -0.4 is 0 Å². The van der Waals surface area contributed by atoms with Gasteiger partial charge < -0.3 is 0 Å². The van der Waals surface area contributed by atoms with Crippen molar-refractivity contribution in [3.63, 3.8) is 0 Å². The van der Waals surface area contributed by atoms with E-state index in [1.165, 1.54) is 11.1 Å². The largest absolute Gasteiger partial charge is 0.265 e. The highest BCUT2D eigenvalue weighted by Gasteiger charge is 2.16. The Morgan fingerprint density at radius 2 is 0.812 bits per heavy atom. The first-order chi connectivity index (χ1) is 22.4. The van der Waals surface area contributed by atoms with Crippen molar-refractivity contribution in [2.24, 2.45) is 0 Å². The van der Waals surface area contributed by atoms with E-state index in [9.17, 15) is 0 Å². The van der Waals surface area contributed by atoms with Gasteiger partial charge in [0.15, 0.2) is 0 Å². The molecule has 0 bridgehead atoms. The van der Waals surface area contributed by atoms with Crippen LogP contribution in [-0.4, -0.2) is 24.9 Å². The zero-order valence-electron chi connectivity index (χ0n) is 34.9. The van der Waals surface area contributed by atoms with Gasteiger partial charge in [0.2, 0.25) is 0 Å². The van der Waals surface area contributed by atoms with E-state index in [2.05, 4.69) is 132 Å². The monoisotopic (exact) mass is 662 g/mol. The van der Waals surface area contributed by atoms with Gasteiger partial charge in [0.25, 0.3) is 0 Å². The summed E-state index contributed by atoms with van der Waals surface area (Å²) in [5, 5.41) is 0. The van der Waals surface area contributed by atoms with Gasteiger partial charge in [0, 0.05) is 59.9 Å². The number of hydrogen-bond acceptors (Lipinski definition) is 5. The summed E-state index contributed by atoms with van der Waals surface area (Å²) in [7, 11) is 0. The van der Waals surface area contributed by atoms with E-state index in [-0.39, 0.29) is 21.7 Å². The van der Waals surface area contributed by atoms with Crippen LogP contribution in [0.4, 0.5) is 0 Å². The van der Waals surface area contributed by atoms with Gasteiger partial charge in [-0.1, -0.05) is 151 Å². The molecule has 0 fully saturated rings. The number of rotatable bonds is 0. The maximum Gasteiger partial charge on any atom is 0.133 e. The van der Waals surface area contributed by atoms with Crippen LogP contribution >= 0.6 is 0 Å². The molecule has 4 aromatic rings. The van der Waals surface area contributed by atoms with E-state index >= 15 is 0 Å². The number of nitrogens with zero attached hydrogens (tertiary/aromatic N) is 5. The Labute approximate surface area is 299 Å². The molecule has 0 atom stereocenters. The van der Waals surface area contributed by atoms with Crippen LogP contribution in [0.15, 0.2) is 91.9 Å². The van der Waals surface area contributed by atoms with Crippen molar-refractivity contribution in [3.05, 3.63) is 115 Å². The smallest absolute Gasteiger partial charge is 0.133 e. The van der Waals surface area contributed by atoms with Gasteiger partial charge in [-0.2, -0.15) is 0 Å². The van der Waals surface area contributed by atoms with Gasteiger partial charge in [0.05, 0.1) is 0 Å². The molecule has 0 radical (unpaired) electrons. The van der Waals surface area contributed by atoms with Crippen LogP contribution in [0.2, 0.25) is 0 Å². The Morgan fingerprint density at radius 3 is 1.06 bits per heavy atom. The second-order valence-electron chi connectivity index (χ2n) is 13.8. The number of pyridine rings is 3. The Balaban J connectivity index is -0.000000251. The highest BCUT2D eigenvalue weighted by Crippen LogP contribution is 2.21. The average molecular weight is 662 g/mol. The van der Waals surface area contributed by atoms with Crippen LogP contribution in [0.25, 0.3) is 0 Å². The molecule has 0 aliphatic rings. The van der Waals surface area contributed by atoms with Crippen LogP contribution in [0.3, 0.4) is 0 Å². The van der Waals surface area contributed by atoms with Crippen molar-refractivity contribution in [2.75, 3.05) is 0 Å². The summed E-state index contributed by atoms with van der Waals surface area (Å²) in [4.78, 5) is 20.5. The molecule has 0 unspecified atom stereocenters. The minimum absolute atomic E-state index is 0.0707. The lowest BCUT2D eigenvalue weighted by atomic mass is 9.88. The summed E-state index contributed by atoms with van der Waals surface area (Å²) in [6.45, 7) is 41.9. The predicted octanol–water partition coefficient (Wildman–Crippen LogP) is 13.0. The van der Waals surface area contributed by atoms with E-state index < -0.39 is 0 Å². The maximum absolute atomic E-state index is 4.25. The molecule has 48 heavy (non-hydrogen) atoms. The summed E-state index contributed by atoms with van der Waals surface area (Å²) >= 11 is 0. The number of hydrogen-bond donors (Lipinski definition) is 0. The standard InChI is InChI=1S/3C9H13N.C8H12N2.4C2H6/c1-9(2,3)8-4-6-10-7-5-8;1-9(2,3)8-5-4-6-10-7-8;1-9(2,3)8-6-4-5-7-10-8;1-8(2,3)7-9-5-4-6-10-7;4*1-2/h3*4-7H,1-3H3;4-6H,1-3H3;4*1-2H3. The second-order valence-corrected chi connectivity index (χ2v) is 13.8. The minimum atomic E-state index is 0.0707. The van der Waals surface area contributed by atoms with Crippen LogP contribution in [0, 0.1) is 0 Å². The zero-order chi connectivity index (χ0) is 38.5. The highest BCUT2D eigenvalue weighted by molar-refractivity contribution is 5.19. The lowest BCUT2D eigenvalue weighted by Crippen LogP contribution is -2.14. The molecule has 272 valence electrons. The molecule has 0 aliphatic heterocycles. The predicted molar refractivity (Wildman–Crippen MR) is 215 cm³/mol. The first kappa shape index (κ1) is 51.4. The molecule has 0 aromatic carbocycles. The Bertz CT molecular complexity index is 985. The van der Waals surface area contributed by atoms with Gasteiger partial charge in [-0.25, -0.2) is 9.97 Å².